The Bertz CT molecular complexity index is 862. The van der Waals surface area contributed by atoms with Gasteiger partial charge in [-0.1, -0.05) is 11.6 Å². The first-order valence-electron chi connectivity index (χ1n) is 9.40. The Hall–Kier alpha value is -3.22. The van der Waals surface area contributed by atoms with Crippen molar-refractivity contribution in [1.29, 1.82) is 0 Å². The molecule has 0 bridgehead atoms. The molecule has 0 saturated heterocycles. The highest BCUT2D eigenvalue weighted by atomic mass is 16.5. The number of aromatic nitrogens is 2. The Kier molecular flexibility index (Phi) is 6.73. The van der Waals surface area contributed by atoms with Gasteiger partial charge in [0.25, 0.3) is 11.8 Å². The van der Waals surface area contributed by atoms with E-state index in [2.05, 4.69) is 26.7 Å². The summed E-state index contributed by atoms with van der Waals surface area (Å²) in [5.41, 5.74) is 1.92. The van der Waals surface area contributed by atoms with Crippen LogP contribution in [0.25, 0.3) is 0 Å². The maximum absolute atomic E-state index is 12.5. The number of methoxy groups -OCH3 is 1. The molecule has 7 heteroatoms. The molecule has 2 amide bonds. The standard InChI is InChI=1S/C21H24N4O3/c1-28-17-9-7-16(8-10-17)20(26)25-19-18(22-13-14-23-19)21(27)24-12-11-15-5-3-2-4-6-15/h5,7-10,13-14H,2-4,6,11-12H2,1H3,(H,24,27)(H,23,25,26). The molecule has 1 aliphatic carbocycles. The van der Waals surface area contributed by atoms with Gasteiger partial charge in [0.1, 0.15) is 5.75 Å². The highest BCUT2D eigenvalue weighted by molar-refractivity contribution is 6.07. The molecule has 0 spiro atoms. The van der Waals surface area contributed by atoms with E-state index in [1.165, 1.54) is 30.8 Å². The molecular weight excluding hydrogens is 356 g/mol. The molecule has 0 radical (unpaired) electrons. The molecule has 1 aromatic carbocycles. The van der Waals surface area contributed by atoms with Crippen LogP contribution < -0.4 is 15.4 Å². The maximum atomic E-state index is 12.5. The first-order valence-corrected chi connectivity index (χ1v) is 9.40. The van der Waals surface area contributed by atoms with Gasteiger partial charge in [0, 0.05) is 24.5 Å². The normalized spacial score (nSPS) is 13.4. The van der Waals surface area contributed by atoms with E-state index >= 15 is 0 Å². The third-order valence-corrected chi connectivity index (χ3v) is 4.61. The van der Waals surface area contributed by atoms with Crippen LogP contribution in [0.2, 0.25) is 0 Å². The van der Waals surface area contributed by atoms with Gasteiger partial charge in [-0.15, -0.1) is 0 Å². The lowest BCUT2D eigenvalue weighted by molar-refractivity contribution is 0.0949. The molecule has 2 aromatic rings. The van der Waals surface area contributed by atoms with Crippen molar-refractivity contribution in [1.82, 2.24) is 15.3 Å². The van der Waals surface area contributed by atoms with Gasteiger partial charge in [-0.2, -0.15) is 0 Å². The second-order valence-electron chi connectivity index (χ2n) is 6.55. The summed E-state index contributed by atoms with van der Waals surface area (Å²) >= 11 is 0. The highest BCUT2D eigenvalue weighted by Gasteiger charge is 2.17. The van der Waals surface area contributed by atoms with Gasteiger partial charge in [0.15, 0.2) is 11.5 Å². The van der Waals surface area contributed by atoms with Gasteiger partial charge in [0.2, 0.25) is 0 Å². The number of nitrogens with zero attached hydrogens (tertiary/aromatic N) is 2. The molecular formula is C21H24N4O3. The zero-order valence-corrected chi connectivity index (χ0v) is 15.9. The number of hydrogen-bond acceptors (Lipinski definition) is 5. The van der Waals surface area contributed by atoms with E-state index in [0.29, 0.717) is 17.9 Å². The van der Waals surface area contributed by atoms with Crippen LogP contribution in [0.3, 0.4) is 0 Å². The van der Waals surface area contributed by atoms with Gasteiger partial charge in [-0.3, -0.25) is 9.59 Å². The predicted molar refractivity (Wildman–Crippen MR) is 106 cm³/mol. The number of benzene rings is 1. The lowest BCUT2D eigenvalue weighted by Crippen LogP contribution is -2.28. The van der Waals surface area contributed by atoms with Gasteiger partial charge in [0.05, 0.1) is 7.11 Å². The molecule has 0 fully saturated rings. The Morgan fingerprint density at radius 1 is 1.07 bits per heavy atom. The number of nitrogens with one attached hydrogen (secondary N) is 2. The lowest BCUT2D eigenvalue weighted by Gasteiger charge is -2.13. The molecule has 1 aromatic heterocycles. The number of hydrogen-bond donors (Lipinski definition) is 2. The summed E-state index contributed by atoms with van der Waals surface area (Å²) in [6, 6.07) is 6.67. The lowest BCUT2D eigenvalue weighted by atomic mass is 9.97. The number of amides is 2. The van der Waals surface area contributed by atoms with E-state index in [4.69, 9.17) is 4.74 Å². The summed E-state index contributed by atoms with van der Waals surface area (Å²) in [4.78, 5) is 33.2. The van der Waals surface area contributed by atoms with Crippen molar-refractivity contribution in [2.45, 2.75) is 32.1 Å². The molecule has 7 nitrogen and oxygen atoms in total. The van der Waals surface area contributed by atoms with Gasteiger partial charge in [-0.25, -0.2) is 9.97 Å². The van der Waals surface area contributed by atoms with Crippen LogP contribution >= 0.6 is 0 Å². The second kappa shape index (κ2) is 9.64. The SMILES string of the molecule is COc1ccc(C(=O)Nc2nccnc2C(=O)NCCC2=CCCCC2)cc1. The van der Waals surface area contributed by atoms with Gasteiger partial charge in [-0.05, 0) is 56.4 Å². The van der Waals surface area contributed by atoms with Crippen molar-refractivity contribution in [2.24, 2.45) is 0 Å². The number of carbonyl (C=O) groups is 2. The molecule has 1 aliphatic rings. The van der Waals surface area contributed by atoms with E-state index < -0.39 is 0 Å². The highest BCUT2D eigenvalue weighted by Crippen LogP contribution is 2.19. The molecule has 28 heavy (non-hydrogen) atoms. The third kappa shape index (κ3) is 5.16. The fraction of sp³-hybridized carbons (Fsp3) is 0.333. The van der Waals surface area contributed by atoms with Crippen LogP contribution in [0, 0.1) is 0 Å². The van der Waals surface area contributed by atoms with Crippen molar-refractivity contribution in [2.75, 3.05) is 19.0 Å². The summed E-state index contributed by atoms with van der Waals surface area (Å²) in [6.45, 7) is 0.535. The summed E-state index contributed by atoms with van der Waals surface area (Å²) < 4.78 is 5.09. The quantitative estimate of drug-likeness (QED) is 0.719. The van der Waals surface area contributed by atoms with Crippen molar-refractivity contribution in [3.05, 3.63) is 59.6 Å². The van der Waals surface area contributed by atoms with E-state index in [1.807, 2.05) is 0 Å². The average molecular weight is 380 g/mol. The summed E-state index contributed by atoms with van der Waals surface area (Å²) in [5.74, 6) is 0.0704. The maximum Gasteiger partial charge on any atom is 0.273 e. The Labute approximate surface area is 164 Å². The number of allylic oxidation sites excluding steroid dienone is 1. The van der Waals surface area contributed by atoms with Crippen LogP contribution in [-0.2, 0) is 0 Å². The van der Waals surface area contributed by atoms with E-state index in [9.17, 15) is 9.59 Å². The van der Waals surface area contributed by atoms with E-state index in [0.717, 1.165) is 19.3 Å². The van der Waals surface area contributed by atoms with Crippen LogP contribution in [0.4, 0.5) is 5.82 Å². The number of rotatable bonds is 7. The van der Waals surface area contributed by atoms with Crippen molar-refractivity contribution in [3.8, 4) is 5.75 Å². The van der Waals surface area contributed by atoms with E-state index in [1.54, 1.807) is 31.4 Å². The molecule has 0 saturated carbocycles. The number of anilines is 1. The summed E-state index contributed by atoms with van der Waals surface area (Å²) in [5, 5.41) is 5.52. The smallest absolute Gasteiger partial charge is 0.273 e. The van der Waals surface area contributed by atoms with Crippen molar-refractivity contribution < 1.29 is 14.3 Å². The Morgan fingerprint density at radius 3 is 2.57 bits per heavy atom. The predicted octanol–water partition coefficient (Wildman–Crippen LogP) is 3.36. The molecule has 2 N–H and O–H groups in total. The van der Waals surface area contributed by atoms with Crippen LogP contribution in [0.5, 0.6) is 5.75 Å². The minimum atomic E-state index is -0.371. The van der Waals surface area contributed by atoms with Crippen molar-refractivity contribution in [3.63, 3.8) is 0 Å². The zero-order chi connectivity index (χ0) is 19.8. The van der Waals surface area contributed by atoms with Crippen LogP contribution in [-0.4, -0.2) is 35.4 Å². The van der Waals surface area contributed by atoms with Crippen LogP contribution in [0.1, 0.15) is 53.0 Å². The first kappa shape index (κ1) is 19.5. The fourth-order valence-electron chi connectivity index (χ4n) is 3.07. The third-order valence-electron chi connectivity index (χ3n) is 4.61. The minimum Gasteiger partial charge on any atom is -0.497 e. The fourth-order valence-corrected chi connectivity index (χ4v) is 3.07. The zero-order valence-electron chi connectivity index (χ0n) is 15.9. The molecule has 0 atom stereocenters. The number of ether oxygens (including phenoxy) is 1. The second-order valence-corrected chi connectivity index (χ2v) is 6.55. The monoisotopic (exact) mass is 380 g/mol. The van der Waals surface area contributed by atoms with Gasteiger partial charge >= 0.3 is 0 Å². The summed E-state index contributed by atoms with van der Waals surface area (Å²) in [6.07, 6.45) is 10.6. The topological polar surface area (TPSA) is 93.2 Å². The average Bonchev–Trinajstić information content (AvgIpc) is 2.75. The molecule has 0 unspecified atom stereocenters. The Balaban J connectivity index is 1.62. The minimum absolute atomic E-state index is 0.0991. The molecule has 0 aliphatic heterocycles. The molecule has 146 valence electrons. The Morgan fingerprint density at radius 2 is 1.86 bits per heavy atom. The summed E-state index contributed by atoms with van der Waals surface area (Å²) in [7, 11) is 1.56. The molecule has 3 rings (SSSR count). The van der Waals surface area contributed by atoms with Crippen LogP contribution in [0.15, 0.2) is 48.3 Å². The van der Waals surface area contributed by atoms with Crippen molar-refractivity contribution >= 4 is 17.6 Å². The first-order chi connectivity index (χ1) is 13.7. The van der Waals surface area contributed by atoms with E-state index in [-0.39, 0.29) is 23.3 Å². The molecule has 1 heterocycles. The number of carbonyl (C=O) groups excluding carboxylic acids is 2. The van der Waals surface area contributed by atoms with Gasteiger partial charge < -0.3 is 15.4 Å². The largest absolute Gasteiger partial charge is 0.497 e.